The van der Waals surface area contributed by atoms with E-state index in [9.17, 15) is 9.59 Å². The molecule has 2 aromatic rings. The molecule has 0 atom stereocenters. The number of likely N-dealkylation sites (N-methyl/N-ethyl adjacent to an activating group) is 1. The van der Waals surface area contributed by atoms with Crippen molar-refractivity contribution in [2.24, 2.45) is 0 Å². The molecule has 23 heavy (non-hydrogen) atoms. The summed E-state index contributed by atoms with van der Waals surface area (Å²) in [5.74, 6) is -0.309. The zero-order valence-corrected chi connectivity index (χ0v) is 13.9. The van der Waals surface area contributed by atoms with E-state index in [4.69, 9.17) is 0 Å². The van der Waals surface area contributed by atoms with Gasteiger partial charge in [-0.05, 0) is 51.2 Å². The van der Waals surface area contributed by atoms with Gasteiger partial charge in [0.1, 0.15) is 5.69 Å². The van der Waals surface area contributed by atoms with Crippen molar-refractivity contribution in [1.29, 1.82) is 0 Å². The van der Waals surface area contributed by atoms with Gasteiger partial charge in [-0.15, -0.1) is 0 Å². The maximum Gasteiger partial charge on any atom is 0.346 e. The Morgan fingerprint density at radius 2 is 1.96 bits per heavy atom. The van der Waals surface area contributed by atoms with Crippen molar-refractivity contribution in [3.63, 3.8) is 0 Å². The molecular formula is C17H22N4O2. The summed E-state index contributed by atoms with van der Waals surface area (Å²) in [6.07, 6.45) is 0. The number of amides is 1. The Morgan fingerprint density at radius 3 is 2.61 bits per heavy atom. The maximum absolute atomic E-state index is 12.2. The minimum absolute atomic E-state index is 0.219. The maximum atomic E-state index is 12.2. The largest absolute Gasteiger partial charge is 0.349 e. The van der Waals surface area contributed by atoms with Crippen LogP contribution in [-0.2, 0) is 0 Å². The van der Waals surface area contributed by atoms with Gasteiger partial charge in [0.05, 0.1) is 5.69 Å². The van der Waals surface area contributed by atoms with Crippen LogP contribution in [0, 0.1) is 13.8 Å². The van der Waals surface area contributed by atoms with Crippen molar-refractivity contribution in [2.45, 2.75) is 13.8 Å². The van der Waals surface area contributed by atoms with Gasteiger partial charge in [-0.25, -0.2) is 4.79 Å². The predicted molar refractivity (Wildman–Crippen MR) is 90.7 cm³/mol. The zero-order valence-electron chi connectivity index (χ0n) is 13.9. The summed E-state index contributed by atoms with van der Waals surface area (Å²) < 4.78 is 0. The monoisotopic (exact) mass is 314 g/mol. The first-order valence-corrected chi connectivity index (χ1v) is 7.49. The fourth-order valence-corrected chi connectivity index (χ4v) is 2.12. The molecule has 1 aromatic heterocycles. The Morgan fingerprint density at radius 1 is 1.22 bits per heavy atom. The Labute approximate surface area is 135 Å². The van der Waals surface area contributed by atoms with Gasteiger partial charge in [-0.2, -0.15) is 4.98 Å². The van der Waals surface area contributed by atoms with E-state index in [0.29, 0.717) is 12.2 Å². The lowest BCUT2D eigenvalue weighted by atomic mass is 10.0. The summed E-state index contributed by atoms with van der Waals surface area (Å²) >= 11 is 0. The number of nitrogens with zero attached hydrogens (tertiary/aromatic N) is 2. The summed E-state index contributed by atoms with van der Waals surface area (Å²) in [5.41, 5.74) is 3.29. The van der Waals surface area contributed by atoms with E-state index < -0.39 is 5.69 Å². The average Bonchev–Trinajstić information content (AvgIpc) is 2.49. The topological polar surface area (TPSA) is 78.1 Å². The number of nitrogens with one attached hydrogen (secondary N) is 2. The van der Waals surface area contributed by atoms with E-state index in [1.54, 1.807) is 6.07 Å². The second-order valence-corrected chi connectivity index (χ2v) is 5.84. The molecule has 1 heterocycles. The number of rotatable bonds is 5. The molecular weight excluding hydrogens is 292 g/mol. The highest BCUT2D eigenvalue weighted by Crippen LogP contribution is 2.19. The SMILES string of the molecule is Cc1ccc(-c2cc(C(=O)NCCN(C)C)[nH]c(=O)n2)cc1C. The van der Waals surface area contributed by atoms with Crippen LogP contribution in [0.1, 0.15) is 21.6 Å². The molecule has 0 spiro atoms. The van der Waals surface area contributed by atoms with Crippen molar-refractivity contribution in [1.82, 2.24) is 20.2 Å². The second kappa shape index (κ2) is 7.19. The van der Waals surface area contributed by atoms with Crippen LogP contribution >= 0.6 is 0 Å². The average molecular weight is 314 g/mol. The third-order valence-corrected chi connectivity index (χ3v) is 3.64. The van der Waals surface area contributed by atoms with E-state index >= 15 is 0 Å². The zero-order chi connectivity index (χ0) is 17.0. The minimum Gasteiger partial charge on any atom is -0.349 e. The fraction of sp³-hybridized carbons (Fsp3) is 0.353. The van der Waals surface area contributed by atoms with Crippen LogP contribution in [0.4, 0.5) is 0 Å². The van der Waals surface area contributed by atoms with Crippen molar-refractivity contribution in [3.05, 3.63) is 51.6 Å². The van der Waals surface area contributed by atoms with Crippen molar-refractivity contribution >= 4 is 5.91 Å². The predicted octanol–water partition coefficient (Wildman–Crippen LogP) is 1.35. The summed E-state index contributed by atoms with van der Waals surface area (Å²) in [6.45, 7) is 5.26. The Kier molecular flexibility index (Phi) is 5.28. The number of benzene rings is 1. The number of hydrogen-bond acceptors (Lipinski definition) is 4. The molecule has 0 saturated heterocycles. The molecule has 0 unspecified atom stereocenters. The third kappa shape index (κ3) is 4.50. The number of hydrogen-bond donors (Lipinski definition) is 2. The molecule has 0 radical (unpaired) electrons. The normalized spacial score (nSPS) is 10.8. The molecule has 2 rings (SSSR count). The van der Waals surface area contributed by atoms with Crippen molar-refractivity contribution in [2.75, 3.05) is 27.2 Å². The number of carbonyl (C=O) groups excluding carboxylic acids is 1. The summed E-state index contributed by atoms with van der Waals surface area (Å²) in [7, 11) is 3.86. The number of H-pyrrole nitrogens is 1. The van der Waals surface area contributed by atoms with Crippen LogP contribution in [0.2, 0.25) is 0 Å². The molecule has 122 valence electrons. The summed E-state index contributed by atoms with van der Waals surface area (Å²) in [5, 5.41) is 2.78. The molecule has 0 aliphatic rings. The first-order chi connectivity index (χ1) is 10.9. The van der Waals surface area contributed by atoms with E-state index in [2.05, 4.69) is 15.3 Å². The lowest BCUT2D eigenvalue weighted by molar-refractivity contribution is 0.0945. The Hall–Kier alpha value is -2.47. The molecule has 6 nitrogen and oxygen atoms in total. The van der Waals surface area contributed by atoms with Gasteiger partial charge < -0.3 is 15.2 Å². The van der Waals surface area contributed by atoms with Gasteiger partial charge in [-0.3, -0.25) is 4.79 Å². The molecule has 6 heteroatoms. The molecule has 0 bridgehead atoms. The highest BCUT2D eigenvalue weighted by atomic mass is 16.2. The van der Waals surface area contributed by atoms with Gasteiger partial charge in [-0.1, -0.05) is 12.1 Å². The van der Waals surface area contributed by atoms with Gasteiger partial charge in [0.15, 0.2) is 0 Å². The van der Waals surface area contributed by atoms with Crippen LogP contribution in [0.15, 0.2) is 29.1 Å². The molecule has 0 aliphatic carbocycles. The first kappa shape index (κ1) is 16.9. The summed E-state index contributed by atoms with van der Waals surface area (Å²) in [6, 6.07) is 7.45. The lowest BCUT2D eigenvalue weighted by Gasteiger charge is -2.11. The first-order valence-electron chi connectivity index (χ1n) is 7.49. The number of carbonyl (C=O) groups is 1. The second-order valence-electron chi connectivity index (χ2n) is 5.84. The van der Waals surface area contributed by atoms with Gasteiger partial charge >= 0.3 is 5.69 Å². The van der Waals surface area contributed by atoms with Crippen LogP contribution < -0.4 is 11.0 Å². The highest BCUT2D eigenvalue weighted by Gasteiger charge is 2.11. The van der Waals surface area contributed by atoms with Gasteiger partial charge in [0.2, 0.25) is 0 Å². The molecule has 1 amide bonds. The quantitative estimate of drug-likeness (QED) is 0.873. The smallest absolute Gasteiger partial charge is 0.346 e. The number of aromatic nitrogens is 2. The van der Waals surface area contributed by atoms with E-state index in [0.717, 1.165) is 17.7 Å². The fourth-order valence-electron chi connectivity index (χ4n) is 2.12. The lowest BCUT2D eigenvalue weighted by Crippen LogP contribution is -2.33. The third-order valence-electron chi connectivity index (χ3n) is 3.64. The van der Waals surface area contributed by atoms with Crippen LogP contribution in [0.5, 0.6) is 0 Å². The van der Waals surface area contributed by atoms with Crippen LogP contribution in [0.3, 0.4) is 0 Å². The van der Waals surface area contributed by atoms with Crippen LogP contribution in [0.25, 0.3) is 11.3 Å². The molecule has 2 N–H and O–H groups in total. The van der Waals surface area contributed by atoms with Gasteiger partial charge in [0, 0.05) is 18.7 Å². The molecule has 1 aromatic carbocycles. The Bertz CT molecular complexity index is 765. The molecule has 0 aliphatic heterocycles. The number of aromatic amines is 1. The van der Waals surface area contributed by atoms with Crippen LogP contribution in [-0.4, -0.2) is 48.0 Å². The number of aryl methyl sites for hydroxylation is 2. The van der Waals surface area contributed by atoms with Crippen molar-refractivity contribution in [3.8, 4) is 11.3 Å². The van der Waals surface area contributed by atoms with E-state index in [1.807, 2.05) is 51.0 Å². The van der Waals surface area contributed by atoms with E-state index in [-0.39, 0.29) is 11.6 Å². The molecule has 0 saturated carbocycles. The standard InChI is InChI=1S/C17H22N4O2/c1-11-5-6-13(9-12(11)2)14-10-15(20-17(23)19-14)16(22)18-7-8-21(3)4/h5-6,9-10H,7-8H2,1-4H3,(H,18,22)(H,19,20,23). The Balaban J connectivity index is 2.26. The van der Waals surface area contributed by atoms with Crippen molar-refractivity contribution < 1.29 is 4.79 Å². The van der Waals surface area contributed by atoms with Gasteiger partial charge in [0.25, 0.3) is 5.91 Å². The minimum atomic E-state index is -0.529. The molecule has 0 fully saturated rings. The highest BCUT2D eigenvalue weighted by molar-refractivity contribution is 5.93. The van der Waals surface area contributed by atoms with E-state index in [1.165, 1.54) is 5.56 Å². The summed E-state index contributed by atoms with van der Waals surface area (Å²) in [4.78, 5) is 32.3.